The predicted octanol–water partition coefficient (Wildman–Crippen LogP) is 6.68. The van der Waals surface area contributed by atoms with Gasteiger partial charge in [0.1, 0.15) is 35.4 Å². The zero-order valence-electron chi connectivity index (χ0n) is 18.6. The van der Waals surface area contributed by atoms with Gasteiger partial charge in [-0.05, 0) is 54.1 Å². The summed E-state index contributed by atoms with van der Waals surface area (Å²) in [5, 5.41) is 0. The fourth-order valence-electron chi connectivity index (χ4n) is 3.67. The summed E-state index contributed by atoms with van der Waals surface area (Å²) in [6.45, 7) is 0.350. The lowest BCUT2D eigenvalue weighted by atomic mass is 10.1. The van der Waals surface area contributed by atoms with Crippen LogP contribution in [0.2, 0.25) is 0 Å². The van der Waals surface area contributed by atoms with Crippen LogP contribution >= 0.6 is 0 Å². The van der Waals surface area contributed by atoms with Crippen molar-refractivity contribution >= 4 is 11.9 Å². The number of allylic oxidation sites excluding steroid dienone is 1. The summed E-state index contributed by atoms with van der Waals surface area (Å²) in [7, 11) is 1.59. The lowest BCUT2D eigenvalue weighted by molar-refractivity contribution is 0.101. The zero-order valence-corrected chi connectivity index (χ0v) is 18.6. The van der Waals surface area contributed by atoms with E-state index < -0.39 is 0 Å². The Morgan fingerprint density at radius 2 is 1.59 bits per heavy atom. The molecule has 0 saturated carbocycles. The largest absolute Gasteiger partial charge is 0.496 e. The van der Waals surface area contributed by atoms with Crippen LogP contribution in [0.3, 0.4) is 0 Å². The van der Waals surface area contributed by atoms with E-state index in [0.717, 1.165) is 22.6 Å². The van der Waals surface area contributed by atoms with E-state index in [9.17, 15) is 4.79 Å². The number of benzene rings is 4. The van der Waals surface area contributed by atoms with Crippen molar-refractivity contribution in [2.45, 2.75) is 6.61 Å². The van der Waals surface area contributed by atoms with Gasteiger partial charge in [0.2, 0.25) is 5.78 Å². The number of hydrogen-bond donors (Lipinski definition) is 0. The van der Waals surface area contributed by atoms with Crippen molar-refractivity contribution in [2.75, 3.05) is 7.11 Å². The Hall–Kier alpha value is -4.51. The molecule has 0 fully saturated rings. The predicted molar refractivity (Wildman–Crippen MR) is 130 cm³/mol. The van der Waals surface area contributed by atoms with Gasteiger partial charge >= 0.3 is 0 Å². The van der Waals surface area contributed by atoms with E-state index in [-0.39, 0.29) is 11.5 Å². The average Bonchev–Trinajstić information content (AvgIpc) is 3.18. The summed E-state index contributed by atoms with van der Waals surface area (Å²) < 4.78 is 23.1. The highest BCUT2D eigenvalue weighted by molar-refractivity contribution is 6.14. The van der Waals surface area contributed by atoms with Crippen LogP contribution in [-0.4, -0.2) is 12.9 Å². The number of Topliss-reactive ketones (excluding diaryl/α,β-unsaturated/α-hetero) is 1. The molecule has 5 nitrogen and oxygen atoms in total. The van der Waals surface area contributed by atoms with E-state index in [1.807, 2.05) is 78.9 Å². The Morgan fingerprint density at radius 1 is 0.794 bits per heavy atom. The smallest absolute Gasteiger partial charge is 0.231 e. The molecule has 0 spiro atoms. The van der Waals surface area contributed by atoms with Crippen molar-refractivity contribution in [2.24, 2.45) is 0 Å². The summed E-state index contributed by atoms with van der Waals surface area (Å²) in [6.07, 6.45) is 1.69. The van der Waals surface area contributed by atoms with Crippen LogP contribution in [0.15, 0.2) is 103 Å². The van der Waals surface area contributed by atoms with Gasteiger partial charge in [0.25, 0.3) is 0 Å². The van der Waals surface area contributed by atoms with Gasteiger partial charge in [0.05, 0.1) is 12.7 Å². The molecule has 4 aromatic rings. The van der Waals surface area contributed by atoms with Crippen molar-refractivity contribution in [3.8, 4) is 28.7 Å². The molecule has 5 rings (SSSR count). The van der Waals surface area contributed by atoms with Crippen LogP contribution in [0.5, 0.6) is 28.7 Å². The molecule has 34 heavy (non-hydrogen) atoms. The van der Waals surface area contributed by atoms with Gasteiger partial charge in [0.15, 0.2) is 5.76 Å². The first-order chi connectivity index (χ1) is 16.7. The minimum Gasteiger partial charge on any atom is -0.496 e. The van der Waals surface area contributed by atoms with Crippen molar-refractivity contribution in [1.29, 1.82) is 0 Å². The van der Waals surface area contributed by atoms with Gasteiger partial charge < -0.3 is 18.9 Å². The number of ether oxygens (including phenoxy) is 4. The highest BCUT2D eigenvalue weighted by Gasteiger charge is 2.28. The van der Waals surface area contributed by atoms with Crippen LogP contribution in [0, 0.1) is 0 Å². The molecule has 0 bridgehead atoms. The Kier molecular flexibility index (Phi) is 5.99. The monoisotopic (exact) mass is 450 g/mol. The quantitative estimate of drug-likeness (QED) is 0.294. The van der Waals surface area contributed by atoms with Crippen LogP contribution in [-0.2, 0) is 6.61 Å². The van der Waals surface area contributed by atoms with E-state index in [2.05, 4.69) is 0 Å². The third-order valence-electron chi connectivity index (χ3n) is 5.35. The number of para-hydroxylation sites is 2. The summed E-state index contributed by atoms with van der Waals surface area (Å²) >= 11 is 0. The topological polar surface area (TPSA) is 54.0 Å². The van der Waals surface area contributed by atoms with Gasteiger partial charge in [0, 0.05) is 11.6 Å². The summed E-state index contributed by atoms with van der Waals surface area (Å²) in [4.78, 5) is 12.8. The van der Waals surface area contributed by atoms with Gasteiger partial charge in [-0.3, -0.25) is 4.79 Å². The molecule has 0 atom stereocenters. The Labute approximate surface area is 197 Å². The fraction of sp³-hybridized carbons (Fsp3) is 0.0690. The molecular weight excluding hydrogens is 428 g/mol. The number of methoxy groups -OCH3 is 1. The summed E-state index contributed by atoms with van der Waals surface area (Å²) in [5.41, 5.74) is 2.24. The molecule has 168 valence electrons. The van der Waals surface area contributed by atoms with Gasteiger partial charge in [-0.25, -0.2) is 0 Å². The first-order valence-corrected chi connectivity index (χ1v) is 10.9. The second-order valence-electron chi connectivity index (χ2n) is 7.69. The second kappa shape index (κ2) is 9.55. The third kappa shape index (κ3) is 4.64. The molecule has 0 amide bonds. The average molecular weight is 450 g/mol. The molecule has 0 radical (unpaired) electrons. The molecule has 0 unspecified atom stereocenters. The first-order valence-electron chi connectivity index (χ1n) is 10.9. The molecule has 4 aromatic carbocycles. The van der Waals surface area contributed by atoms with Crippen molar-refractivity contribution in [3.63, 3.8) is 0 Å². The van der Waals surface area contributed by atoms with Crippen LogP contribution in [0.25, 0.3) is 6.08 Å². The highest BCUT2D eigenvalue weighted by Crippen LogP contribution is 2.36. The minimum atomic E-state index is -0.168. The number of rotatable bonds is 7. The standard InChI is InChI=1S/C29H22O5/c1-31-26-13-6-5-9-21(26)17-28-29(30)25-15-14-23(18-27(25)34-28)32-19-20-8-7-12-24(16-20)33-22-10-3-2-4-11-22/h2-18H,19H2,1H3/b28-17-. The molecule has 5 heteroatoms. The SMILES string of the molecule is COc1ccccc1/C=C1\Oc2cc(OCc3cccc(Oc4ccccc4)c3)ccc2C1=O. The van der Waals surface area contributed by atoms with E-state index in [1.165, 1.54) is 0 Å². The third-order valence-corrected chi connectivity index (χ3v) is 5.35. The first kappa shape index (κ1) is 21.3. The number of hydrogen-bond acceptors (Lipinski definition) is 5. The molecule has 0 saturated heterocycles. The molecule has 0 N–H and O–H groups in total. The van der Waals surface area contributed by atoms with Gasteiger partial charge in [-0.1, -0.05) is 48.5 Å². The molecule has 1 aliphatic rings. The Morgan fingerprint density at radius 3 is 2.44 bits per heavy atom. The highest BCUT2D eigenvalue weighted by atomic mass is 16.5. The Balaban J connectivity index is 1.28. The zero-order chi connectivity index (χ0) is 23.3. The molecule has 0 aromatic heterocycles. The lowest BCUT2D eigenvalue weighted by Gasteiger charge is -2.10. The van der Waals surface area contributed by atoms with Crippen LogP contribution < -0.4 is 18.9 Å². The maximum atomic E-state index is 12.8. The molecular formula is C29H22O5. The summed E-state index contributed by atoms with van der Waals surface area (Å²) in [5.74, 6) is 3.36. The van der Waals surface area contributed by atoms with Gasteiger partial charge in [-0.2, -0.15) is 0 Å². The summed E-state index contributed by atoms with van der Waals surface area (Å²) in [6, 6.07) is 30.1. The number of fused-ring (bicyclic) bond motifs is 1. The Bertz CT molecular complexity index is 1360. The van der Waals surface area contributed by atoms with E-state index >= 15 is 0 Å². The second-order valence-corrected chi connectivity index (χ2v) is 7.69. The minimum absolute atomic E-state index is 0.168. The van der Waals surface area contributed by atoms with E-state index in [1.54, 1.807) is 31.4 Å². The maximum Gasteiger partial charge on any atom is 0.231 e. The van der Waals surface area contributed by atoms with E-state index in [0.29, 0.717) is 29.4 Å². The number of ketones is 1. The van der Waals surface area contributed by atoms with Crippen molar-refractivity contribution in [1.82, 2.24) is 0 Å². The normalized spacial score (nSPS) is 13.3. The maximum absolute atomic E-state index is 12.8. The molecule has 0 aliphatic carbocycles. The van der Waals surface area contributed by atoms with Gasteiger partial charge in [-0.15, -0.1) is 0 Å². The van der Waals surface area contributed by atoms with Crippen LogP contribution in [0.1, 0.15) is 21.5 Å². The van der Waals surface area contributed by atoms with Crippen molar-refractivity contribution in [3.05, 3.63) is 120 Å². The number of carbonyl (C=O) groups is 1. The van der Waals surface area contributed by atoms with Crippen LogP contribution in [0.4, 0.5) is 0 Å². The fourth-order valence-corrected chi connectivity index (χ4v) is 3.67. The number of carbonyl (C=O) groups excluding carboxylic acids is 1. The van der Waals surface area contributed by atoms with E-state index in [4.69, 9.17) is 18.9 Å². The molecule has 1 aliphatic heterocycles. The lowest BCUT2D eigenvalue weighted by Crippen LogP contribution is -1.98. The molecule has 1 heterocycles. The van der Waals surface area contributed by atoms with Crippen molar-refractivity contribution < 1.29 is 23.7 Å².